The van der Waals surface area contributed by atoms with E-state index in [1.54, 1.807) is 0 Å². The van der Waals surface area contributed by atoms with Crippen LogP contribution in [0.1, 0.15) is 55.5 Å². The van der Waals surface area contributed by atoms with Gasteiger partial charge in [0.25, 0.3) is 5.91 Å². The van der Waals surface area contributed by atoms with Gasteiger partial charge in [0.1, 0.15) is 5.75 Å². The van der Waals surface area contributed by atoms with Crippen LogP contribution in [0, 0.1) is 13.8 Å². The largest absolute Gasteiger partial charge is 0.481 e. The van der Waals surface area contributed by atoms with E-state index in [9.17, 15) is 4.79 Å². The Bertz CT molecular complexity index is 706. The lowest BCUT2D eigenvalue weighted by Crippen LogP contribution is -2.39. The van der Waals surface area contributed by atoms with Gasteiger partial charge in [0.2, 0.25) is 0 Å². The maximum Gasteiger partial charge on any atom is 0.261 e. The molecule has 134 valence electrons. The van der Waals surface area contributed by atoms with Crippen LogP contribution in [0.4, 0.5) is 0 Å². The number of amides is 1. The van der Waals surface area contributed by atoms with Crippen LogP contribution >= 0.6 is 0 Å². The van der Waals surface area contributed by atoms with E-state index in [-0.39, 0.29) is 11.9 Å². The van der Waals surface area contributed by atoms with Crippen LogP contribution in [0.25, 0.3) is 0 Å². The second-order valence-corrected chi connectivity index (χ2v) is 6.60. The maximum atomic E-state index is 12.6. The number of benzene rings is 2. The van der Waals surface area contributed by atoms with Crippen LogP contribution < -0.4 is 10.1 Å². The maximum absolute atomic E-state index is 12.6. The van der Waals surface area contributed by atoms with Crippen LogP contribution in [0.5, 0.6) is 5.75 Å². The molecule has 0 aliphatic rings. The molecule has 0 saturated carbocycles. The van der Waals surface area contributed by atoms with Gasteiger partial charge in [0.05, 0.1) is 6.04 Å². The molecule has 0 radical (unpaired) electrons. The highest BCUT2D eigenvalue weighted by molar-refractivity contribution is 5.81. The normalized spacial score (nSPS) is 13.2. The lowest BCUT2D eigenvalue weighted by atomic mass is 10.00. The molecule has 25 heavy (non-hydrogen) atoms. The zero-order valence-electron chi connectivity index (χ0n) is 15.9. The van der Waals surface area contributed by atoms with Gasteiger partial charge in [-0.1, -0.05) is 49.7 Å². The molecule has 3 heteroatoms. The summed E-state index contributed by atoms with van der Waals surface area (Å²) in [5, 5.41) is 3.09. The van der Waals surface area contributed by atoms with Crippen molar-refractivity contribution >= 4 is 5.91 Å². The van der Waals surface area contributed by atoms with Crippen molar-refractivity contribution in [2.45, 2.75) is 59.6 Å². The number of hydrogen-bond acceptors (Lipinski definition) is 2. The summed E-state index contributed by atoms with van der Waals surface area (Å²) in [6.45, 7) is 10.2. The van der Waals surface area contributed by atoms with E-state index >= 15 is 0 Å². The van der Waals surface area contributed by atoms with Gasteiger partial charge in [-0.2, -0.15) is 0 Å². The molecule has 0 heterocycles. The average molecular weight is 339 g/mol. The van der Waals surface area contributed by atoms with Gasteiger partial charge in [-0.25, -0.2) is 0 Å². The second kappa shape index (κ2) is 8.70. The molecule has 0 spiro atoms. The van der Waals surface area contributed by atoms with Gasteiger partial charge in [-0.15, -0.1) is 0 Å². The smallest absolute Gasteiger partial charge is 0.261 e. The SMILES string of the molecule is CCc1ccc(O[C@@H](CC)C(=O)N[C@H](C)c2ccc(C)cc2C)cc1. The summed E-state index contributed by atoms with van der Waals surface area (Å²) < 4.78 is 5.90. The van der Waals surface area contributed by atoms with E-state index in [0.29, 0.717) is 6.42 Å². The molecule has 2 atom stereocenters. The first-order chi connectivity index (χ1) is 11.9. The molecule has 0 aliphatic carbocycles. The first-order valence-electron chi connectivity index (χ1n) is 9.07. The van der Waals surface area contributed by atoms with Crippen molar-refractivity contribution in [3.05, 3.63) is 64.7 Å². The summed E-state index contributed by atoms with van der Waals surface area (Å²) in [5.74, 6) is 0.660. The number of carbonyl (C=O) groups is 1. The molecule has 1 N–H and O–H groups in total. The Hall–Kier alpha value is -2.29. The Morgan fingerprint density at radius 1 is 1.08 bits per heavy atom. The highest BCUT2D eigenvalue weighted by Gasteiger charge is 2.21. The summed E-state index contributed by atoms with van der Waals surface area (Å²) in [7, 11) is 0. The minimum absolute atomic E-state index is 0.0479. The fraction of sp³-hybridized carbons (Fsp3) is 0.409. The molecule has 0 bridgehead atoms. The topological polar surface area (TPSA) is 38.3 Å². The molecule has 2 aromatic carbocycles. The molecule has 0 fully saturated rings. The molecular weight excluding hydrogens is 310 g/mol. The van der Waals surface area contributed by atoms with E-state index in [0.717, 1.165) is 17.7 Å². The van der Waals surface area contributed by atoms with Crippen molar-refractivity contribution in [3.63, 3.8) is 0 Å². The van der Waals surface area contributed by atoms with Crippen LogP contribution in [-0.4, -0.2) is 12.0 Å². The Morgan fingerprint density at radius 2 is 1.76 bits per heavy atom. The number of aryl methyl sites for hydroxylation is 3. The third-order valence-corrected chi connectivity index (χ3v) is 4.52. The van der Waals surface area contributed by atoms with Crippen LogP contribution in [0.3, 0.4) is 0 Å². The summed E-state index contributed by atoms with van der Waals surface area (Å²) in [6, 6.07) is 14.2. The van der Waals surface area contributed by atoms with Gasteiger partial charge in [0.15, 0.2) is 6.10 Å². The van der Waals surface area contributed by atoms with Crippen molar-refractivity contribution in [3.8, 4) is 5.75 Å². The third-order valence-electron chi connectivity index (χ3n) is 4.52. The number of carbonyl (C=O) groups excluding carboxylic acids is 1. The van der Waals surface area contributed by atoms with Crippen LogP contribution in [-0.2, 0) is 11.2 Å². The second-order valence-electron chi connectivity index (χ2n) is 6.60. The lowest BCUT2D eigenvalue weighted by molar-refractivity contribution is -0.128. The molecule has 0 unspecified atom stereocenters. The molecule has 2 rings (SSSR count). The number of rotatable bonds is 7. The predicted octanol–water partition coefficient (Wildman–Crippen LogP) is 4.90. The molecule has 0 aliphatic heterocycles. The molecule has 1 amide bonds. The van der Waals surface area contributed by atoms with Gasteiger partial charge in [-0.3, -0.25) is 4.79 Å². The number of nitrogens with one attached hydrogen (secondary N) is 1. The molecule has 0 aromatic heterocycles. The molecule has 0 saturated heterocycles. The van der Waals surface area contributed by atoms with Crippen molar-refractivity contribution in [1.29, 1.82) is 0 Å². The van der Waals surface area contributed by atoms with Crippen LogP contribution in [0.2, 0.25) is 0 Å². The van der Waals surface area contributed by atoms with Gasteiger partial charge in [-0.05, 0) is 62.4 Å². The summed E-state index contributed by atoms with van der Waals surface area (Å²) in [5.41, 5.74) is 4.82. The van der Waals surface area contributed by atoms with Crippen molar-refractivity contribution < 1.29 is 9.53 Å². The fourth-order valence-corrected chi connectivity index (χ4v) is 2.99. The Kier molecular flexibility index (Phi) is 6.63. The highest BCUT2D eigenvalue weighted by atomic mass is 16.5. The van der Waals surface area contributed by atoms with Crippen molar-refractivity contribution in [2.75, 3.05) is 0 Å². The quantitative estimate of drug-likeness (QED) is 0.779. The third kappa shape index (κ3) is 5.09. The minimum Gasteiger partial charge on any atom is -0.481 e. The average Bonchev–Trinajstić information content (AvgIpc) is 2.59. The summed E-state index contributed by atoms with van der Waals surface area (Å²) in [4.78, 5) is 12.6. The van der Waals surface area contributed by atoms with E-state index in [2.05, 4.69) is 44.3 Å². The van der Waals surface area contributed by atoms with Gasteiger partial charge in [0, 0.05) is 0 Å². The van der Waals surface area contributed by atoms with E-state index < -0.39 is 6.10 Å². The monoisotopic (exact) mass is 339 g/mol. The number of hydrogen-bond donors (Lipinski definition) is 1. The predicted molar refractivity (Wildman–Crippen MR) is 103 cm³/mol. The van der Waals surface area contributed by atoms with Gasteiger partial charge >= 0.3 is 0 Å². The van der Waals surface area contributed by atoms with Gasteiger partial charge < -0.3 is 10.1 Å². The standard InChI is InChI=1S/C22H29NO2/c1-6-18-9-11-19(12-10-18)25-21(7-2)22(24)23-17(5)20-13-8-15(3)14-16(20)4/h8-14,17,21H,6-7H2,1-5H3,(H,23,24)/t17-,21+/m1/s1. The lowest BCUT2D eigenvalue weighted by Gasteiger charge is -2.22. The molecular formula is C22H29NO2. The summed E-state index contributed by atoms with van der Waals surface area (Å²) in [6.07, 6.45) is 1.13. The number of ether oxygens (including phenoxy) is 1. The Morgan fingerprint density at radius 3 is 2.32 bits per heavy atom. The van der Waals surface area contributed by atoms with E-state index in [4.69, 9.17) is 4.74 Å². The van der Waals surface area contributed by atoms with Crippen molar-refractivity contribution in [1.82, 2.24) is 5.32 Å². The Balaban J connectivity index is 2.03. The zero-order chi connectivity index (χ0) is 18.4. The Labute approximate surface area is 151 Å². The molecule has 3 nitrogen and oxygen atoms in total. The van der Waals surface area contributed by atoms with E-state index in [1.807, 2.05) is 38.1 Å². The molecule has 2 aromatic rings. The highest BCUT2D eigenvalue weighted by Crippen LogP contribution is 2.20. The van der Waals surface area contributed by atoms with Crippen LogP contribution in [0.15, 0.2) is 42.5 Å². The van der Waals surface area contributed by atoms with E-state index in [1.165, 1.54) is 16.7 Å². The first-order valence-corrected chi connectivity index (χ1v) is 9.07. The zero-order valence-corrected chi connectivity index (χ0v) is 15.9. The fourth-order valence-electron chi connectivity index (χ4n) is 2.99. The first kappa shape index (κ1) is 19.0. The summed E-state index contributed by atoms with van der Waals surface area (Å²) >= 11 is 0. The minimum atomic E-state index is -0.485. The van der Waals surface area contributed by atoms with Crippen molar-refractivity contribution in [2.24, 2.45) is 0 Å².